The van der Waals surface area contributed by atoms with Crippen LogP contribution in [-0.4, -0.2) is 71.1 Å². The van der Waals surface area contributed by atoms with E-state index in [-0.39, 0.29) is 11.9 Å². The first kappa shape index (κ1) is 21.9. The van der Waals surface area contributed by atoms with Gasteiger partial charge >= 0.3 is 0 Å². The first-order chi connectivity index (χ1) is 16.1. The number of hydrogen-bond acceptors (Lipinski definition) is 6. The van der Waals surface area contributed by atoms with Crippen molar-refractivity contribution in [2.24, 2.45) is 0 Å². The minimum atomic E-state index is -0.108. The molecule has 0 unspecified atom stereocenters. The molecule has 0 bridgehead atoms. The van der Waals surface area contributed by atoms with E-state index in [1.165, 1.54) is 5.56 Å². The van der Waals surface area contributed by atoms with E-state index >= 15 is 0 Å². The molecule has 0 radical (unpaired) electrons. The molecule has 8 nitrogen and oxygen atoms in total. The highest BCUT2D eigenvalue weighted by molar-refractivity contribution is 6.07. The summed E-state index contributed by atoms with van der Waals surface area (Å²) in [5, 5.41) is 4.25. The summed E-state index contributed by atoms with van der Waals surface area (Å²) in [4.78, 5) is 27.9. The molecule has 2 aromatic heterocycles. The zero-order valence-corrected chi connectivity index (χ0v) is 19.7. The highest BCUT2D eigenvalue weighted by atomic mass is 16.5. The van der Waals surface area contributed by atoms with Gasteiger partial charge < -0.3 is 24.4 Å². The van der Waals surface area contributed by atoms with Crippen molar-refractivity contribution in [3.8, 4) is 0 Å². The van der Waals surface area contributed by atoms with Crippen LogP contribution >= 0.6 is 0 Å². The number of benzene rings is 1. The maximum atomic E-state index is 13.8. The predicted molar refractivity (Wildman–Crippen MR) is 128 cm³/mol. The van der Waals surface area contributed by atoms with Crippen LogP contribution in [0.4, 0.5) is 5.82 Å². The monoisotopic (exact) mass is 448 g/mol. The fraction of sp³-hybridized carbons (Fsp3) is 0.480. The van der Waals surface area contributed by atoms with Crippen molar-refractivity contribution in [3.63, 3.8) is 0 Å². The van der Waals surface area contributed by atoms with Crippen LogP contribution in [0.1, 0.15) is 46.3 Å². The van der Waals surface area contributed by atoms with Gasteiger partial charge in [0.05, 0.1) is 23.9 Å². The first-order valence-corrected chi connectivity index (χ1v) is 11.7. The van der Waals surface area contributed by atoms with Gasteiger partial charge in [-0.2, -0.15) is 0 Å². The molecule has 2 aliphatic heterocycles. The van der Waals surface area contributed by atoms with E-state index in [2.05, 4.69) is 27.9 Å². The van der Waals surface area contributed by atoms with Crippen LogP contribution in [0.5, 0.6) is 0 Å². The van der Waals surface area contributed by atoms with Crippen LogP contribution in [0.25, 0.3) is 10.9 Å². The molecule has 0 saturated carbocycles. The summed E-state index contributed by atoms with van der Waals surface area (Å²) in [7, 11) is 5.73. The van der Waals surface area contributed by atoms with Gasteiger partial charge in [0.25, 0.3) is 5.91 Å². The summed E-state index contributed by atoms with van der Waals surface area (Å²) in [6, 6.07) is 7.98. The number of aromatic nitrogens is 3. The second-order valence-corrected chi connectivity index (χ2v) is 9.00. The third-order valence-corrected chi connectivity index (χ3v) is 6.88. The number of nitrogens with zero attached hydrogens (tertiary/aromatic N) is 5. The number of para-hydroxylation sites is 1. The fourth-order valence-electron chi connectivity index (χ4n) is 5.16. The summed E-state index contributed by atoms with van der Waals surface area (Å²) in [5.41, 5.74) is 4.07. The summed E-state index contributed by atoms with van der Waals surface area (Å²) < 4.78 is 7.38. The maximum Gasteiger partial charge on any atom is 0.256 e. The number of rotatable bonds is 6. The van der Waals surface area contributed by atoms with Gasteiger partial charge in [0.2, 0.25) is 0 Å². The first-order valence-electron chi connectivity index (χ1n) is 11.7. The van der Waals surface area contributed by atoms with Crippen molar-refractivity contribution >= 4 is 22.6 Å². The molecule has 174 valence electrons. The quantitative estimate of drug-likeness (QED) is 0.625. The van der Waals surface area contributed by atoms with Crippen molar-refractivity contribution in [1.29, 1.82) is 0 Å². The lowest BCUT2D eigenvalue weighted by Crippen LogP contribution is -2.33. The van der Waals surface area contributed by atoms with Gasteiger partial charge in [-0.25, -0.2) is 9.97 Å². The molecule has 1 amide bonds. The van der Waals surface area contributed by atoms with Gasteiger partial charge in [0.1, 0.15) is 5.82 Å². The van der Waals surface area contributed by atoms with Crippen molar-refractivity contribution < 1.29 is 9.53 Å². The zero-order chi connectivity index (χ0) is 22.9. The Morgan fingerprint density at radius 2 is 2.09 bits per heavy atom. The van der Waals surface area contributed by atoms with E-state index in [4.69, 9.17) is 14.7 Å². The second kappa shape index (κ2) is 9.11. The molecule has 1 fully saturated rings. The lowest BCUT2D eigenvalue weighted by molar-refractivity contribution is 0.0731. The topological polar surface area (TPSA) is 75.5 Å². The molecule has 1 atom stereocenters. The number of fused-ring (bicyclic) bond motifs is 2. The van der Waals surface area contributed by atoms with Gasteiger partial charge in [-0.1, -0.05) is 18.2 Å². The van der Waals surface area contributed by atoms with Crippen LogP contribution < -0.4 is 5.32 Å². The van der Waals surface area contributed by atoms with Gasteiger partial charge in [-0.15, -0.1) is 0 Å². The minimum Gasteiger partial charge on any atom is -0.383 e. The number of carbonyl (C=O) groups excluding carboxylic acids is 1. The van der Waals surface area contributed by atoms with Crippen LogP contribution in [0.15, 0.2) is 30.5 Å². The standard InChI is InChI=1S/C25H32N6O2/c1-26-23-18-10-12-29(2)16-20(18)27-24(28-23)22-9-6-11-31(22)25(32)19-15-30(13-14-33-3)21-8-5-4-7-17(19)21/h4-5,7-8,15,22H,6,9-14,16H2,1-3H3,(H,26,27,28)/t22-/m0/s1. The van der Waals surface area contributed by atoms with E-state index in [1.54, 1.807) is 7.11 Å². The molecule has 1 N–H and O–H groups in total. The van der Waals surface area contributed by atoms with Gasteiger partial charge in [-0.3, -0.25) is 4.79 Å². The Kier molecular flexibility index (Phi) is 6.03. The molecule has 3 aromatic rings. The number of hydrogen-bond donors (Lipinski definition) is 1. The summed E-state index contributed by atoms with van der Waals surface area (Å²) in [5.74, 6) is 1.70. The van der Waals surface area contributed by atoms with Gasteiger partial charge in [0.15, 0.2) is 5.82 Å². The number of methoxy groups -OCH3 is 1. The Hall–Kier alpha value is -2.97. The normalized spacial score (nSPS) is 18.6. The average Bonchev–Trinajstić information content (AvgIpc) is 3.47. The molecule has 8 heteroatoms. The molecule has 5 rings (SSSR count). The number of nitrogens with one attached hydrogen (secondary N) is 1. The highest BCUT2D eigenvalue weighted by Gasteiger charge is 2.35. The van der Waals surface area contributed by atoms with Gasteiger partial charge in [0, 0.05) is 63.0 Å². The molecule has 4 heterocycles. The fourth-order valence-corrected chi connectivity index (χ4v) is 5.16. The Bertz CT molecular complexity index is 1170. The zero-order valence-electron chi connectivity index (χ0n) is 19.7. The number of amides is 1. The molecule has 1 saturated heterocycles. The summed E-state index contributed by atoms with van der Waals surface area (Å²) >= 11 is 0. The Balaban J connectivity index is 1.50. The lowest BCUT2D eigenvalue weighted by atomic mass is 10.0. The average molecular weight is 449 g/mol. The Morgan fingerprint density at radius 3 is 2.91 bits per heavy atom. The molecular formula is C25H32N6O2. The molecule has 1 aromatic carbocycles. The number of carbonyl (C=O) groups is 1. The van der Waals surface area contributed by atoms with E-state index in [0.717, 1.165) is 72.7 Å². The summed E-state index contributed by atoms with van der Waals surface area (Å²) in [6.45, 7) is 3.85. The number of likely N-dealkylation sites (N-methyl/N-ethyl adjacent to an activating group) is 1. The Labute approximate surface area is 194 Å². The predicted octanol–water partition coefficient (Wildman–Crippen LogP) is 3.08. The number of likely N-dealkylation sites (tertiary alicyclic amines) is 1. The van der Waals surface area contributed by atoms with Crippen LogP contribution in [0.3, 0.4) is 0 Å². The Morgan fingerprint density at radius 1 is 1.24 bits per heavy atom. The maximum absolute atomic E-state index is 13.8. The van der Waals surface area contributed by atoms with Crippen LogP contribution in [0, 0.1) is 0 Å². The molecule has 0 aliphatic carbocycles. The molecule has 0 spiro atoms. The summed E-state index contributed by atoms with van der Waals surface area (Å²) in [6.07, 6.45) is 4.75. The highest BCUT2D eigenvalue weighted by Crippen LogP contribution is 2.35. The molecular weight excluding hydrogens is 416 g/mol. The van der Waals surface area contributed by atoms with Crippen molar-refractivity contribution in [1.82, 2.24) is 24.3 Å². The lowest BCUT2D eigenvalue weighted by Gasteiger charge is -2.28. The van der Waals surface area contributed by atoms with Crippen LogP contribution in [-0.2, 0) is 24.2 Å². The molecule has 33 heavy (non-hydrogen) atoms. The van der Waals surface area contributed by atoms with E-state index in [1.807, 2.05) is 36.3 Å². The molecule has 2 aliphatic rings. The number of ether oxygens (including phenoxy) is 1. The largest absolute Gasteiger partial charge is 0.383 e. The minimum absolute atomic E-state index is 0.0503. The third-order valence-electron chi connectivity index (χ3n) is 6.88. The van der Waals surface area contributed by atoms with Crippen LogP contribution in [0.2, 0.25) is 0 Å². The van der Waals surface area contributed by atoms with Gasteiger partial charge in [-0.05, 0) is 32.4 Å². The van der Waals surface area contributed by atoms with Crippen molar-refractivity contribution in [3.05, 3.63) is 53.1 Å². The smallest absolute Gasteiger partial charge is 0.256 e. The van der Waals surface area contributed by atoms with E-state index in [9.17, 15) is 4.79 Å². The van der Waals surface area contributed by atoms with E-state index < -0.39 is 0 Å². The van der Waals surface area contributed by atoms with Crippen molar-refractivity contribution in [2.45, 2.75) is 38.4 Å². The third kappa shape index (κ3) is 3.98. The van der Waals surface area contributed by atoms with Crippen molar-refractivity contribution in [2.75, 3.05) is 46.2 Å². The second-order valence-electron chi connectivity index (χ2n) is 9.00. The van der Waals surface area contributed by atoms with E-state index in [0.29, 0.717) is 13.2 Å². The number of anilines is 1. The SMILES string of the molecule is CNc1nc([C@@H]2CCCN2C(=O)c2cn(CCOC)c3ccccc23)nc2c1CCN(C)C2.